The fraction of sp³-hybridized carbons (Fsp3) is 0.545. The molecule has 1 aromatic rings. The predicted octanol–water partition coefficient (Wildman–Crippen LogP) is 2.25. The van der Waals surface area contributed by atoms with E-state index in [2.05, 4.69) is 10.1 Å². The minimum absolute atomic E-state index is 0.0221. The van der Waals surface area contributed by atoms with E-state index in [9.17, 15) is 18.0 Å². The van der Waals surface area contributed by atoms with Crippen LogP contribution in [-0.4, -0.2) is 24.8 Å². The Morgan fingerprint density at radius 2 is 2.17 bits per heavy atom. The highest BCUT2D eigenvalue weighted by atomic mass is 19.4. The fourth-order valence-electron chi connectivity index (χ4n) is 1.63. The van der Waals surface area contributed by atoms with Gasteiger partial charge in [0.15, 0.2) is 0 Å². The molecule has 18 heavy (non-hydrogen) atoms. The molecule has 1 heterocycles. The lowest BCUT2D eigenvalue weighted by molar-refractivity contribution is -0.166. The minimum atomic E-state index is -4.26. The average molecular weight is 263 g/mol. The zero-order valence-electron chi connectivity index (χ0n) is 9.63. The number of halogens is 3. The highest BCUT2D eigenvalue weighted by molar-refractivity contribution is 5.86. The SMILES string of the molecule is COC(=O)c1ccc(CNC2(C(F)(F)F)CC2)o1. The van der Waals surface area contributed by atoms with Crippen molar-refractivity contribution in [2.24, 2.45) is 0 Å². The predicted molar refractivity (Wildman–Crippen MR) is 54.9 cm³/mol. The minimum Gasteiger partial charge on any atom is -0.463 e. The summed E-state index contributed by atoms with van der Waals surface area (Å²) in [6, 6.07) is 2.82. The fourth-order valence-corrected chi connectivity index (χ4v) is 1.63. The molecule has 0 bridgehead atoms. The third-order valence-corrected chi connectivity index (χ3v) is 2.94. The quantitative estimate of drug-likeness (QED) is 0.846. The number of carbonyl (C=O) groups is 1. The zero-order valence-corrected chi connectivity index (χ0v) is 9.63. The third-order valence-electron chi connectivity index (χ3n) is 2.94. The first-order chi connectivity index (χ1) is 8.38. The molecule has 0 amide bonds. The van der Waals surface area contributed by atoms with E-state index in [1.807, 2.05) is 0 Å². The van der Waals surface area contributed by atoms with Gasteiger partial charge in [-0.25, -0.2) is 4.79 Å². The Kier molecular flexibility index (Phi) is 3.10. The molecule has 0 aromatic carbocycles. The molecule has 2 rings (SSSR count). The number of methoxy groups -OCH3 is 1. The molecule has 0 radical (unpaired) electrons. The van der Waals surface area contributed by atoms with Crippen LogP contribution in [0.5, 0.6) is 0 Å². The topological polar surface area (TPSA) is 51.5 Å². The molecule has 1 aliphatic rings. The number of carbonyl (C=O) groups excluding carboxylic acids is 1. The van der Waals surface area contributed by atoms with E-state index in [0.717, 1.165) is 0 Å². The maximum atomic E-state index is 12.6. The van der Waals surface area contributed by atoms with Gasteiger partial charge in [0.25, 0.3) is 0 Å². The van der Waals surface area contributed by atoms with Crippen LogP contribution in [0.4, 0.5) is 13.2 Å². The van der Waals surface area contributed by atoms with E-state index in [1.165, 1.54) is 19.2 Å². The van der Waals surface area contributed by atoms with Gasteiger partial charge in [0, 0.05) is 0 Å². The first-order valence-electron chi connectivity index (χ1n) is 5.37. The Morgan fingerprint density at radius 1 is 1.50 bits per heavy atom. The summed E-state index contributed by atoms with van der Waals surface area (Å²) < 4.78 is 47.4. The number of furan rings is 1. The molecule has 1 aliphatic carbocycles. The maximum absolute atomic E-state index is 12.6. The molecule has 1 saturated carbocycles. The van der Waals surface area contributed by atoms with Gasteiger partial charge in [0.2, 0.25) is 5.76 Å². The molecule has 7 heteroatoms. The van der Waals surface area contributed by atoms with E-state index < -0.39 is 17.7 Å². The summed E-state index contributed by atoms with van der Waals surface area (Å²) >= 11 is 0. The lowest BCUT2D eigenvalue weighted by atomic mass is 10.2. The molecule has 1 fully saturated rings. The Morgan fingerprint density at radius 3 is 2.67 bits per heavy atom. The van der Waals surface area contributed by atoms with Gasteiger partial charge in [-0.2, -0.15) is 13.2 Å². The molecule has 0 atom stereocenters. The maximum Gasteiger partial charge on any atom is 0.406 e. The van der Waals surface area contributed by atoms with E-state index in [4.69, 9.17) is 4.42 Å². The van der Waals surface area contributed by atoms with Gasteiger partial charge in [-0.1, -0.05) is 0 Å². The van der Waals surface area contributed by atoms with Crippen LogP contribution in [0.2, 0.25) is 0 Å². The molecule has 0 unspecified atom stereocenters. The summed E-state index contributed by atoms with van der Waals surface area (Å²) in [5.74, 6) is -0.407. The summed E-state index contributed by atoms with van der Waals surface area (Å²) in [4.78, 5) is 11.1. The second kappa shape index (κ2) is 4.31. The number of hydrogen-bond acceptors (Lipinski definition) is 4. The first kappa shape index (κ1) is 12.9. The number of esters is 1. The molecule has 4 nitrogen and oxygen atoms in total. The van der Waals surface area contributed by atoms with Crippen LogP contribution in [-0.2, 0) is 11.3 Å². The average Bonchev–Trinajstić information content (AvgIpc) is 2.97. The number of hydrogen-bond donors (Lipinski definition) is 1. The summed E-state index contributed by atoms with van der Waals surface area (Å²) in [5.41, 5.74) is -1.79. The smallest absolute Gasteiger partial charge is 0.406 e. The summed E-state index contributed by atoms with van der Waals surface area (Å²) in [6.07, 6.45) is -4.12. The van der Waals surface area contributed by atoms with E-state index in [-0.39, 0.29) is 30.9 Å². The lowest BCUT2D eigenvalue weighted by Crippen LogP contribution is -2.44. The van der Waals surface area contributed by atoms with Crippen molar-refractivity contribution in [3.05, 3.63) is 23.7 Å². The molecular weight excluding hydrogens is 251 g/mol. The van der Waals surface area contributed by atoms with Crippen LogP contribution in [0, 0.1) is 0 Å². The second-order valence-corrected chi connectivity index (χ2v) is 4.19. The Hall–Kier alpha value is -1.50. The number of nitrogens with one attached hydrogen (secondary N) is 1. The van der Waals surface area contributed by atoms with Crippen LogP contribution >= 0.6 is 0 Å². The van der Waals surface area contributed by atoms with Gasteiger partial charge >= 0.3 is 12.1 Å². The van der Waals surface area contributed by atoms with Crippen LogP contribution in [0.25, 0.3) is 0 Å². The number of alkyl halides is 3. The van der Waals surface area contributed by atoms with Crippen LogP contribution in [0.15, 0.2) is 16.5 Å². The Balaban J connectivity index is 1.95. The van der Waals surface area contributed by atoms with E-state index >= 15 is 0 Å². The third kappa shape index (κ3) is 2.35. The molecule has 1 N–H and O–H groups in total. The normalized spacial score (nSPS) is 17.6. The molecule has 0 aliphatic heterocycles. The molecule has 0 saturated heterocycles. The van der Waals surface area contributed by atoms with Crippen molar-refractivity contribution < 1.29 is 27.1 Å². The van der Waals surface area contributed by atoms with Crippen LogP contribution < -0.4 is 5.32 Å². The van der Waals surface area contributed by atoms with Gasteiger partial charge in [-0.15, -0.1) is 0 Å². The molecule has 100 valence electrons. The highest BCUT2D eigenvalue weighted by Gasteiger charge is 2.63. The molecule has 0 spiro atoms. The zero-order chi connectivity index (χ0) is 13.4. The van der Waals surface area contributed by atoms with Gasteiger partial charge in [0.05, 0.1) is 13.7 Å². The van der Waals surface area contributed by atoms with Crippen LogP contribution in [0.1, 0.15) is 29.2 Å². The van der Waals surface area contributed by atoms with Gasteiger partial charge in [-0.3, -0.25) is 5.32 Å². The highest BCUT2D eigenvalue weighted by Crippen LogP contribution is 2.49. The van der Waals surface area contributed by atoms with Crippen molar-refractivity contribution in [1.82, 2.24) is 5.32 Å². The first-order valence-corrected chi connectivity index (χ1v) is 5.37. The number of rotatable bonds is 4. The Labute approximate surface area is 101 Å². The van der Waals surface area contributed by atoms with Crippen molar-refractivity contribution in [1.29, 1.82) is 0 Å². The van der Waals surface area contributed by atoms with Crippen molar-refractivity contribution in [3.8, 4) is 0 Å². The largest absolute Gasteiger partial charge is 0.463 e. The van der Waals surface area contributed by atoms with Crippen molar-refractivity contribution in [2.75, 3.05) is 7.11 Å². The summed E-state index contributed by atoms with van der Waals surface area (Å²) in [7, 11) is 1.20. The molecular formula is C11H12F3NO3. The standard InChI is InChI=1S/C11H12F3NO3/c1-17-9(16)8-3-2-7(18-8)6-15-10(4-5-10)11(12,13)14/h2-3,15H,4-6H2,1H3. The molecule has 1 aromatic heterocycles. The van der Waals surface area contributed by atoms with Crippen molar-refractivity contribution in [3.63, 3.8) is 0 Å². The summed E-state index contributed by atoms with van der Waals surface area (Å²) in [5, 5.41) is 2.43. The second-order valence-electron chi connectivity index (χ2n) is 4.19. The van der Waals surface area contributed by atoms with Gasteiger partial charge in [-0.05, 0) is 25.0 Å². The van der Waals surface area contributed by atoms with Crippen molar-refractivity contribution in [2.45, 2.75) is 31.1 Å². The van der Waals surface area contributed by atoms with Gasteiger partial charge in [0.1, 0.15) is 11.3 Å². The van der Waals surface area contributed by atoms with Gasteiger partial charge < -0.3 is 9.15 Å². The van der Waals surface area contributed by atoms with Crippen LogP contribution in [0.3, 0.4) is 0 Å². The lowest BCUT2D eigenvalue weighted by Gasteiger charge is -2.19. The van der Waals surface area contributed by atoms with Crippen molar-refractivity contribution >= 4 is 5.97 Å². The van der Waals surface area contributed by atoms with E-state index in [0.29, 0.717) is 0 Å². The van der Waals surface area contributed by atoms with E-state index in [1.54, 1.807) is 0 Å². The Bertz CT molecular complexity index is 449. The monoisotopic (exact) mass is 263 g/mol. The number of ether oxygens (including phenoxy) is 1. The summed E-state index contributed by atoms with van der Waals surface area (Å²) in [6.45, 7) is -0.0729.